The molecule has 5 heteroatoms. The van der Waals surface area contributed by atoms with Crippen LogP contribution in [0.1, 0.15) is 67.2 Å². The third-order valence-corrected chi connectivity index (χ3v) is 9.21. The molecule has 2 unspecified atom stereocenters. The van der Waals surface area contributed by atoms with Crippen molar-refractivity contribution in [3.05, 3.63) is 82.9 Å². The normalized spacial score (nSPS) is 22.9. The third-order valence-electron chi connectivity index (χ3n) is 9.21. The highest BCUT2D eigenvalue weighted by molar-refractivity contribution is 5.58. The molecule has 6 rings (SSSR count). The smallest absolute Gasteiger partial charge is 0.120 e. The Morgan fingerprint density at radius 2 is 1.64 bits per heavy atom. The number of phenols is 1. The number of hydrogen-bond acceptors (Lipinski definition) is 5. The van der Waals surface area contributed by atoms with Crippen LogP contribution in [-0.2, 0) is 19.3 Å². The largest absolute Gasteiger partial charge is 0.508 e. The van der Waals surface area contributed by atoms with Crippen molar-refractivity contribution < 1.29 is 14.6 Å². The van der Waals surface area contributed by atoms with Crippen molar-refractivity contribution in [2.45, 2.75) is 82.3 Å². The van der Waals surface area contributed by atoms with Crippen LogP contribution in [0.4, 0.5) is 5.69 Å². The second-order valence-corrected chi connectivity index (χ2v) is 11.8. The van der Waals surface area contributed by atoms with Crippen LogP contribution in [0.15, 0.2) is 60.7 Å². The van der Waals surface area contributed by atoms with Gasteiger partial charge in [0.2, 0.25) is 0 Å². The maximum Gasteiger partial charge on any atom is 0.120 e. The fourth-order valence-electron chi connectivity index (χ4n) is 7.20. The number of nitrogens with zero attached hydrogens (tertiary/aromatic N) is 1. The first kappa shape index (κ1) is 26.1. The van der Waals surface area contributed by atoms with E-state index in [0.29, 0.717) is 11.7 Å². The molecule has 2 fully saturated rings. The molecule has 2 aliphatic heterocycles. The summed E-state index contributed by atoms with van der Waals surface area (Å²) >= 11 is 0. The minimum absolute atomic E-state index is 0.265. The highest BCUT2D eigenvalue weighted by Crippen LogP contribution is 2.39. The number of benzene rings is 3. The number of ether oxygens (including phenoxy) is 2. The maximum atomic E-state index is 9.87. The van der Waals surface area contributed by atoms with E-state index in [9.17, 15) is 5.11 Å². The molecule has 0 radical (unpaired) electrons. The van der Waals surface area contributed by atoms with E-state index in [1.54, 1.807) is 7.11 Å². The molecule has 0 amide bonds. The Bertz CT molecular complexity index is 1250. The lowest BCUT2D eigenvalue weighted by Gasteiger charge is -2.28. The number of nitrogens with one attached hydrogen (secondary N) is 1. The van der Waals surface area contributed by atoms with Gasteiger partial charge in [0.15, 0.2) is 0 Å². The molecule has 39 heavy (non-hydrogen) atoms. The van der Waals surface area contributed by atoms with Gasteiger partial charge in [-0.3, -0.25) is 4.90 Å². The molecule has 5 nitrogen and oxygen atoms in total. The summed E-state index contributed by atoms with van der Waals surface area (Å²) in [4.78, 5) is 2.67. The van der Waals surface area contributed by atoms with Gasteiger partial charge < -0.3 is 19.9 Å². The first-order chi connectivity index (χ1) is 19.1. The summed E-state index contributed by atoms with van der Waals surface area (Å²) in [7, 11) is 1.73. The van der Waals surface area contributed by atoms with Gasteiger partial charge in [0.25, 0.3) is 0 Å². The Balaban J connectivity index is 1.06. The lowest BCUT2D eigenvalue weighted by atomic mass is 9.79. The van der Waals surface area contributed by atoms with Crippen molar-refractivity contribution in [2.24, 2.45) is 0 Å². The quantitative estimate of drug-likeness (QED) is 0.307. The van der Waals surface area contributed by atoms with Crippen LogP contribution < -0.4 is 14.8 Å². The van der Waals surface area contributed by atoms with Gasteiger partial charge in [0.05, 0.1) is 7.11 Å². The molecule has 3 aromatic carbocycles. The second-order valence-electron chi connectivity index (χ2n) is 11.8. The molecular formula is C34H42N2O3. The standard InChI is InChI=1S/C34H42N2O3/c1-23(19-24-3-13-31(14-4-24)39-18-17-36-28-8-9-29(36)11-10-28)35-34-22-32(38-2)15-16-33(34)27-6-5-26-21-30(37)12-7-25(26)20-27/h3-4,7,12-16,21-23,27-29,35,37H,5-6,8-11,17-20H2,1-2H3. The SMILES string of the molecule is COc1ccc(C2CCc3cc(O)ccc3C2)c(NC(C)Cc2ccc(OCCN3C4CCC3CC4)cc2)c1. The van der Waals surface area contributed by atoms with Crippen molar-refractivity contribution >= 4 is 5.69 Å². The van der Waals surface area contributed by atoms with Gasteiger partial charge in [0, 0.05) is 36.4 Å². The Morgan fingerprint density at radius 1 is 0.897 bits per heavy atom. The van der Waals surface area contributed by atoms with Gasteiger partial charge in [-0.25, -0.2) is 0 Å². The molecule has 3 aromatic rings. The predicted octanol–water partition coefficient (Wildman–Crippen LogP) is 6.72. The van der Waals surface area contributed by atoms with E-state index in [4.69, 9.17) is 9.47 Å². The highest BCUT2D eigenvalue weighted by atomic mass is 16.5. The summed E-state index contributed by atoms with van der Waals surface area (Å²) in [5, 5.41) is 13.7. The lowest BCUT2D eigenvalue weighted by Crippen LogP contribution is -2.32. The summed E-state index contributed by atoms with van der Waals surface area (Å²) in [6.07, 6.45) is 9.50. The summed E-state index contributed by atoms with van der Waals surface area (Å²) in [5.41, 5.74) is 6.42. The summed E-state index contributed by atoms with van der Waals surface area (Å²) in [5.74, 6) is 2.64. The van der Waals surface area contributed by atoms with E-state index in [0.717, 1.165) is 68.1 Å². The molecule has 0 aromatic heterocycles. The zero-order chi connectivity index (χ0) is 26.8. The van der Waals surface area contributed by atoms with E-state index in [2.05, 4.69) is 65.7 Å². The van der Waals surface area contributed by atoms with Gasteiger partial charge in [-0.1, -0.05) is 24.3 Å². The minimum atomic E-state index is 0.265. The van der Waals surface area contributed by atoms with Gasteiger partial charge in [-0.2, -0.15) is 0 Å². The number of aryl methyl sites for hydroxylation is 1. The van der Waals surface area contributed by atoms with E-state index in [1.807, 2.05) is 12.1 Å². The van der Waals surface area contributed by atoms with E-state index < -0.39 is 0 Å². The van der Waals surface area contributed by atoms with Crippen molar-refractivity contribution in [3.63, 3.8) is 0 Å². The van der Waals surface area contributed by atoms with Crippen LogP contribution in [-0.4, -0.2) is 48.4 Å². The Morgan fingerprint density at radius 3 is 2.38 bits per heavy atom. The first-order valence-corrected chi connectivity index (χ1v) is 14.8. The summed E-state index contributed by atoms with van der Waals surface area (Å²) in [6.45, 7) is 4.07. The Kier molecular flexibility index (Phi) is 7.69. The van der Waals surface area contributed by atoms with Crippen molar-refractivity contribution in [1.82, 2.24) is 4.90 Å². The number of hydrogen-bond donors (Lipinski definition) is 2. The van der Waals surface area contributed by atoms with Crippen LogP contribution in [0.5, 0.6) is 17.2 Å². The second kappa shape index (κ2) is 11.5. The first-order valence-electron chi connectivity index (χ1n) is 14.8. The summed E-state index contributed by atoms with van der Waals surface area (Å²) in [6, 6.07) is 22.8. The van der Waals surface area contributed by atoms with Crippen LogP contribution in [0.3, 0.4) is 0 Å². The molecule has 2 bridgehead atoms. The molecule has 0 saturated carbocycles. The van der Waals surface area contributed by atoms with Crippen LogP contribution in [0.25, 0.3) is 0 Å². The number of fused-ring (bicyclic) bond motifs is 3. The molecule has 0 spiro atoms. The molecule has 1 aliphatic carbocycles. The topological polar surface area (TPSA) is 54.0 Å². The molecule has 2 N–H and O–H groups in total. The number of methoxy groups -OCH3 is 1. The van der Waals surface area contributed by atoms with E-state index >= 15 is 0 Å². The number of anilines is 1. The fourth-order valence-corrected chi connectivity index (χ4v) is 7.20. The molecule has 2 atom stereocenters. The Hall–Kier alpha value is -3.18. The molecule has 2 heterocycles. The van der Waals surface area contributed by atoms with Gasteiger partial charge >= 0.3 is 0 Å². The molecule has 206 valence electrons. The minimum Gasteiger partial charge on any atom is -0.508 e. The van der Waals surface area contributed by atoms with Crippen LogP contribution in [0.2, 0.25) is 0 Å². The number of phenolic OH excluding ortho intramolecular Hbond substituents is 1. The van der Waals surface area contributed by atoms with Crippen molar-refractivity contribution in [3.8, 4) is 17.2 Å². The lowest BCUT2D eigenvalue weighted by molar-refractivity contribution is 0.194. The number of rotatable bonds is 10. The third kappa shape index (κ3) is 5.89. The van der Waals surface area contributed by atoms with Gasteiger partial charge in [-0.15, -0.1) is 0 Å². The molecule has 2 saturated heterocycles. The van der Waals surface area contributed by atoms with Crippen LogP contribution in [0, 0.1) is 0 Å². The zero-order valence-corrected chi connectivity index (χ0v) is 23.4. The average Bonchev–Trinajstić information content (AvgIpc) is 3.53. The van der Waals surface area contributed by atoms with E-state index in [-0.39, 0.29) is 6.04 Å². The zero-order valence-electron chi connectivity index (χ0n) is 23.4. The monoisotopic (exact) mass is 526 g/mol. The van der Waals surface area contributed by atoms with Crippen molar-refractivity contribution in [1.29, 1.82) is 0 Å². The average molecular weight is 527 g/mol. The summed E-state index contributed by atoms with van der Waals surface area (Å²) < 4.78 is 11.7. The van der Waals surface area contributed by atoms with Crippen molar-refractivity contribution in [2.75, 3.05) is 25.6 Å². The predicted molar refractivity (Wildman–Crippen MR) is 157 cm³/mol. The molecule has 3 aliphatic rings. The molecular weight excluding hydrogens is 484 g/mol. The van der Waals surface area contributed by atoms with Gasteiger partial charge in [0.1, 0.15) is 23.9 Å². The maximum absolute atomic E-state index is 9.87. The van der Waals surface area contributed by atoms with Crippen LogP contribution >= 0.6 is 0 Å². The Labute approximate surface area is 233 Å². The number of aromatic hydroxyl groups is 1. The van der Waals surface area contributed by atoms with E-state index in [1.165, 1.54) is 47.9 Å². The highest BCUT2D eigenvalue weighted by Gasteiger charge is 2.38. The fraction of sp³-hybridized carbons (Fsp3) is 0.471. The van der Waals surface area contributed by atoms with Gasteiger partial charge in [-0.05, 0) is 117 Å².